The summed E-state index contributed by atoms with van der Waals surface area (Å²) < 4.78 is 10.5. The zero-order chi connectivity index (χ0) is 20.8. The van der Waals surface area contributed by atoms with Gasteiger partial charge in [0.05, 0.1) is 32.5 Å². The van der Waals surface area contributed by atoms with Crippen LogP contribution in [0.1, 0.15) is 12.5 Å². The normalized spacial score (nSPS) is 13.8. The van der Waals surface area contributed by atoms with Crippen molar-refractivity contribution < 1.29 is 19.1 Å². The van der Waals surface area contributed by atoms with Crippen molar-refractivity contribution in [3.05, 3.63) is 42.1 Å². The van der Waals surface area contributed by atoms with Crippen molar-refractivity contribution in [2.45, 2.75) is 13.3 Å². The summed E-state index contributed by atoms with van der Waals surface area (Å²) >= 11 is 0. The molecule has 0 saturated carbocycles. The summed E-state index contributed by atoms with van der Waals surface area (Å²) in [6, 6.07) is 9.13. The summed E-state index contributed by atoms with van der Waals surface area (Å²) in [5.41, 5.74) is 1.47. The Labute approximate surface area is 170 Å². The number of carbonyl (C=O) groups is 2. The largest absolute Gasteiger partial charge is 0.493 e. The Morgan fingerprint density at radius 2 is 1.76 bits per heavy atom. The summed E-state index contributed by atoms with van der Waals surface area (Å²) in [4.78, 5) is 32.2. The number of hydrogen-bond acceptors (Lipinski definition) is 6. The van der Waals surface area contributed by atoms with E-state index in [0.717, 1.165) is 24.5 Å². The molecule has 8 heteroatoms. The van der Waals surface area contributed by atoms with E-state index in [9.17, 15) is 9.59 Å². The quantitative estimate of drug-likeness (QED) is 0.801. The van der Waals surface area contributed by atoms with Crippen LogP contribution in [0.25, 0.3) is 0 Å². The van der Waals surface area contributed by atoms with Crippen LogP contribution in [-0.4, -0.2) is 62.1 Å². The minimum absolute atomic E-state index is 0.102. The lowest BCUT2D eigenvalue weighted by molar-refractivity contribution is -0.129. The third kappa shape index (κ3) is 5.16. The second-order valence-electron chi connectivity index (χ2n) is 6.81. The number of aromatic nitrogens is 1. The molecule has 1 aliphatic heterocycles. The van der Waals surface area contributed by atoms with Gasteiger partial charge in [0.1, 0.15) is 5.82 Å². The fraction of sp³-hybridized carbons (Fsp3) is 0.381. The molecule has 0 radical (unpaired) electrons. The fourth-order valence-corrected chi connectivity index (χ4v) is 3.28. The van der Waals surface area contributed by atoms with Gasteiger partial charge in [0, 0.05) is 33.1 Å². The monoisotopic (exact) mass is 398 g/mol. The molecule has 1 aromatic heterocycles. The van der Waals surface area contributed by atoms with Crippen LogP contribution in [0.3, 0.4) is 0 Å². The summed E-state index contributed by atoms with van der Waals surface area (Å²) in [6.07, 6.45) is 1.87. The van der Waals surface area contributed by atoms with Crippen molar-refractivity contribution in [2.75, 3.05) is 50.6 Å². The predicted octanol–water partition coefficient (Wildman–Crippen LogP) is 1.95. The molecule has 1 saturated heterocycles. The Bertz CT molecular complexity index is 861. The molecule has 0 spiro atoms. The number of ether oxygens (including phenoxy) is 2. The second kappa shape index (κ2) is 9.27. The SMILES string of the molecule is COc1ccc(CC(=O)Nc2ccc(N3CCN(C(C)=O)CC3)nc2)cc1OC. The van der Waals surface area contributed by atoms with Crippen molar-refractivity contribution in [2.24, 2.45) is 0 Å². The third-order valence-electron chi connectivity index (χ3n) is 4.89. The molecule has 0 bridgehead atoms. The van der Waals surface area contributed by atoms with Crippen LogP contribution in [0.2, 0.25) is 0 Å². The highest BCUT2D eigenvalue weighted by molar-refractivity contribution is 5.92. The molecule has 0 atom stereocenters. The number of nitrogens with one attached hydrogen (secondary N) is 1. The van der Waals surface area contributed by atoms with E-state index in [1.807, 2.05) is 23.1 Å². The van der Waals surface area contributed by atoms with Crippen LogP contribution in [-0.2, 0) is 16.0 Å². The van der Waals surface area contributed by atoms with Crippen LogP contribution in [0, 0.1) is 0 Å². The van der Waals surface area contributed by atoms with E-state index in [1.165, 1.54) is 0 Å². The molecule has 2 aromatic rings. The molecule has 2 heterocycles. The molecular formula is C21H26N4O4. The highest BCUT2D eigenvalue weighted by atomic mass is 16.5. The van der Waals surface area contributed by atoms with Gasteiger partial charge in [0.15, 0.2) is 11.5 Å². The van der Waals surface area contributed by atoms with Crippen molar-refractivity contribution in [3.8, 4) is 11.5 Å². The Balaban J connectivity index is 1.56. The third-order valence-corrected chi connectivity index (χ3v) is 4.89. The standard InChI is InChI=1S/C21H26N4O4/c1-15(26)24-8-10-25(11-9-24)20-7-5-17(14-22-20)23-21(27)13-16-4-6-18(28-2)19(12-16)29-3/h4-7,12,14H,8-11,13H2,1-3H3,(H,23,27). The number of benzene rings is 1. The summed E-state index contributed by atoms with van der Waals surface area (Å²) in [5, 5.41) is 2.86. The molecule has 154 valence electrons. The van der Waals surface area contributed by atoms with Crippen LogP contribution in [0.15, 0.2) is 36.5 Å². The van der Waals surface area contributed by atoms with E-state index in [0.29, 0.717) is 30.3 Å². The lowest BCUT2D eigenvalue weighted by Crippen LogP contribution is -2.48. The van der Waals surface area contributed by atoms with Crippen molar-refractivity contribution >= 4 is 23.3 Å². The van der Waals surface area contributed by atoms with Crippen molar-refractivity contribution in [1.29, 1.82) is 0 Å². The molecule has 3 rings (SSSR count). The van der Waals surface area contributed by atoms with Gasteiger partial charge in [-0.3, -0.25) is 9.59 Å². The zero-order valence-electron chi connectivity index (χ0n) is 17.0. The highest BCUT2D eigenvalue weighted by Gasteiger charge is 2.19. The van der Waals surface area contributed by atoms with Gasteiger partial charge in [-0.15, -0.1) is 0 Å². The average Bonchev–Trinajstić information content (AvgIpc) is 2.74. The Kier molecular flexibility index (Phi) is 6.54. The summed E-state index contributed by atoms with van der Waals surface area (Å²) in [5.74, 6) is 2.02. The van der Waals surface area contributed by atoms with Crippen LogP contribution < -0.4 is 19.7 Å². The number of pyridine rings is 1. The van der Waals surface area contributed by atoms with E-state index in [-0.39, 0.29) is 18.2 Å². The Morgan fingerprint density at radius 3 is 2.34 bits per heavy atom. The number of carbonyl (C=O) groups excluding carboxylic acids is 2. The number of anilines is 2. The average molecular weight is 398 g/mol. The first-order chi connectivity index (χ1) is 14.0. The molecule has 1 fully saturated rings. The minimum atomic E-state index is -0.137. The van der Waals surface area contributed by atoms with Gasteiger partial charge in [0.2, 0.25) is 11.8 Å². The van der Waals surface area contributed by atoms with Gasteiger partial charge in [-0.1, -0.05) is 6.07 Å². The number of amides is 2. The number of hydrogen-bond donors (Lipinski definition) is 1. The first kappa shape index (κ1) is 20.4. The highest BCUT2D eigenvalue weighted by Crippen LogP contribution is 2.27. The maximum atomic E-state index is 12.4. The van der Waals surface area contributed by atoms with Gasteiger partial charge < -0.3 is 24.6 Å². The molecule has 2 amide bonds. The topological polar surface area (TPSA) is 84.0 Å². The maximum absolute atomic E-state index is 12.4. The van der Waals surface area contributed by atoms with E-state index in [2.05, 4.69) is 15.2 Å². The lowest BCUT2D eigenvalue weighted by atomic mass is 10.1. The number of piperazine rings is 1. The summed E-state index contributed by atoms with van der Waals surface area (Å²) in [7, 11) is 3.14. The Morgan fingerprint density at radius 1 is 1.03 bits per heavy atom. The van der Waals surface area contributed by atoms with Gasteiger partial charge >= 0.3 is 0 Å². The first-order valence-corrected chi connectivity index (χ1v) is 9.47. The number of methoxy groups -OCH3 is 2. The molecule has 1 aliphatic rings. The van der Waals surface area contributed by atoms with Crippen molar-refractivity contribution in [3.63, 3.8) is 0 Å². The predicted molar refractivity (Wildman–Crippen MR) is 111 cm³/mol. The minimum Gasteiger partial charge on any atom is -0.493 e. The lowest BCUT2D eigenvalue weighted by Gasteiger charge is -2.34. The van der Waals surface area contributed by atoms with E-state index in [4.69, 9.17) is 9.47 Å². The van der Waals surface area contributed by atoms with E-state index < -0.39 is 0 Å². The van der Waals surface area contributed by atoms with Gasteiger partial charge in [-0.2, -0.15) is 0 Å². The van der Waals surface area contributed by atoms with Gasteiger partial charge in [-0.05, 0) is 29.8 Å². The molecular weight excluding hydrogens is 372 g/mol. The fourth-order valence-electron chi connectivity index (χ4n) is 3.28. The summed E-state index contributed by atoms with van der Waals surface area (Å²) in [6.45, 7) is 4.48. The molecule has 1 N–H and O–H groups in total. The molecule has 0 aliphatic carbocycles. The number of rotatable bonds is 6. The van der Waals surface area contributed by atoms with Crippen LogP contribution >= 0.6 is 0 Å². The van der Waals surface area contributed by atoms with Crippen molar-refractivity contribution in [1.82, 2.24) is 9.88 Å². The van der Waals surface area contributed by atoms with Crippen LogP contribution in [0.4, 0.5) is 11.5 Å². The Hall–Kier alpha value is -3.29. The van der Waals surface area contributed by atoms with E-state index >= 15 is 0 Å². The zero-order valence-corrected chi connectivity index (χ0v) is 17.0. The van der Waals surface area contributed by atoms with Gasteiger partial charge in [-0.25, -0.2) is 4.98 Å². The molecule has 1 aromatic carbocycles. The number of nitrogens with zero attached hydrogens (tertiary/aromatic N) is 3. The first-order valence-electron chi connectivity index (χ1n) is 9.47. The second-order valence-corrected chi connectivity index (χ2v) is 6.81. The molecule has 29 heavy (non-hydrogen) atoms. The molecule has 8 nitrogen and oxygen atoms in total. The maximum Gasteiger partial charge on any atom is 0.228 e. The van der Waals surface area contributed by atoms with Gasteiger partial charge in [0.25, 0.3) is 0 Å². The van der Waals surface area contributed by atoms with E-state index in [1.54, 1.807) is 39.5 Å². The smallest absolute Gasteiger partial charge is 0.228 e. The van der Waals surface area contributed by atoms with Crippen LogP contribution in [0.5, 0.6) is 11.5 Å². The molecule has 0 unspecified atom stereocenters.